The van der Waals surface area contributed by atoms with E-state index in [2.05, 4.69) is 95.4 Å². The molecule has 3 heterocycles. The SMILES string of the molecule is c1ccc(-c2cnc3c4ccccc4n4c5ccccc5c5ccc2c3c54)cc1. The number of hydrogen-bond acceptors (Lipinski definition) is 1. The van der Waals surface area contributed by atoms with Gasteiger partial charge >= 0.3 is 0 Å². The van der Waals surface area contributed by atoms with Crippen molar-refractivity contribution in [3.8, 4) is 11.1 Å². The highest BCUT2D eigenvalue weighted by molar-refractivity contribution is 6.29. The van der Waals surface area contributed by atoms with E-state index in [1.807, 2.05) is 6.20 Å². The minimum absolute atomic E-state index is 1.08. The third kappa shape index (κ3) is 1.83. The Balaban J connectivity index is 1.84. The van der Waals surface area contributed by atoms with Gasteiger partial charge in [0.15, 0.2) is 0 Å². The molecule has 29 heavy (non-hydrogen) atoms. The van der Waals surface area contributed by atoms with Gasteiger partial charge in [-0.25, -0.2) is 0 Å². The van der Waals surface area contributed by atoms with Crippen LogP contribution in [0.25, 0.3) is 60.1 Å². The quantitative estimate of drug-likeness (QED) is 0.224. The molecule has 0 bridgehead atoms. The van der Waals surface area contributed by atoms with Crippen LogP contribution in [0.5, 0.6) is 0 Å². The molecule has 0 radical (unpaired) electrons. The van der Waals surface area contributed by atoms with Crippen molar-refractivity contribution < 1.29 is 0 Å². The fourth-order valence-corrected chi connectivity index (χ4v) is 4.96. The molecule has 4 aromatic carbocycles. The van der Waals surface area contributed by atoms with Crippen molar-refractivity contribution in [3.05, 3.63) is 97.2 Å². The van der Waals surface area contributed by atoms with Crippen molar-refractivity contribution in [2.75, 3.05) is 0 Å². The summed E-state index contributed by atoms with van der Waals surface area (Å²) in [6.07, 6.45) is 2.04. The lowest BCUT2D eigenvalue weighted by atomic mass is 9.96. The molecule has 0 aliphatic heterocycles. The summed E-state index contributed by atoms with van der Waals surface area (Å²) in [6, 6.07) is 32.4. The highest BCUT2D eigenvalue weighted by atomic mass is 14.9. The van der Waals surface area contributed by atoms with Crippen molar-refractivity contribution in [2.45, 2.75) is 0 Å². The van der Waals surface area contributed by atoms with E-state index in [1.165, 1.54) is 54.6 Å². The van der Waals surface area contributed by atoms with Crippen LogP contribution in [0.1, 0.15) is 0 Å². The molecule has 0 aliphatic carbocycles. The second-order valence-corrected chi connectivity index (χ2v) is 7.64. The summed E-state index contributed by atoms with van der Waals surface area (Å²) in [5.74, 6) is 0. The minimum Gasteiger partial charge on any atom is -0.308 e. The third-order valence-electron chi connectivity index (χ3n) is 6.17. The van der Waals surface area contributed by atoms with Gasteiger partial charge in [0.05, 0.1) is 22.1 Å². The lowest BCUT2D eigenvalue weighted by Crippen LogP contribution is -1.95. The van der Waals surface area contributed by atoms with E-state index in [0.717, 1.165) is 5.52 Å². The number of benzene rings is 4. The number of para-hydroxylation sites is 2. The van der Waals surface area contributed by atoms with Crippen LogP contribution >= 0.6 is 0 Å². The molecule has 0 unspecified atom stereocenters. The van der Waals surface area contributed by atoms with Crippen LogP contribution in [0, 0.1) is 0 Å². The van der Waals surface area contributed by atoms with E-state index < -0.39 is 0 Å². The van der Waals surface area contributed by atoms with Crippen LogP contribution < -0.4 is 0 Å². The molecule has 0 saturated carbocycles. The Morgan fingerprint density at radius 1 is 0.552 bits per heavy atom. The molecule has 0 atom stereocenters. The first-order valence-electron chi connectivity index (χ1n) is 9.92. The Kier molecular flexibility index (Phi) is 2.77. The van der Waals surface area contributed by atoms with Gasteiger partial charge in [0.25, 0.3) is 0 Å². The second-order valence-electron chi connectivity index (χ2n) is 7.64. The molecular weight excluding hydrogens is 352 g/mol. The van der Waals surface area contributed by atoms with Gasteiger partial charge in [-0.1, -0.05) is 78.9 Å². The lowest BCUT2D eigenvalue weighted by molar-refractivity contribution is 1.34. The molecule has 0 aliphatic rings. The van der Waals surface area contributed by atoms with E-state index in [4.69, 9.17) is 4.98 Å². The van der Waals surface area contributed by atoms with E-state index in [-0.39, 0.29) is 0 Å². The zero-order valence-corrected chi connectivity index (χ0v) is 15.6. The van der Waals surface area contributed by atoms with Gasteiger partial charge in [0.1, 0.15) is 0 Å². The molecule has 3 aromatic heterocycles. The first-order chi connectivity index (χ1) is 14.4. The molecule has 0 fully saturated rings. The molecule has 7 rings (SSSR count). The van der Waals surface area contributed by atoms with Crippen LogP contribution in [0.15, 0.2) is 97.2 Å². The molecule has 7 aromatic rings. The topological polar surface area (TPSA) is 17.3 Å². The molecule has 0 saturated heterocycles. The molecular formula is C27H16N2. The first kappa shape index (κ1) is 15.1. The van der Waals surface area contributed by atoms with Crippen LogP contribution in [0.4, 0.5) is 0 Å². The van der Waals surface area contributed by atoms with E-state index in [0.29, 0.717) is 0 Å². The van der Waals surface area contributed by atoms with Gasteiger partial charge < -0.3 is 4.40 Å². The normalized spacial score (nSPS) is 12.1. The largest absolute Gasteiger partial charge is 0.308 e. The summed E-state index contributed by atoms with van der Waals surface area (Å²) in [7, 11) is 0. The lowest BCUT2D eigenvalue weighted by Gasteiger charge is -2.14. The number of hydrogen-bond donors (Lipinski definition) is 0. The van der Waals surface area contributed by atoms with Crippen LogP contribution in [-0.2, 0) is 0 Å². The summed E-state index contributed by atoms with van der Waals surface area (Å²) >= 11 is 0. The Hall–Kier alpha value is -3.91. The van der Waals surface area contributed by atoms with Gasteiger partial charge in [-0.3, -0.25) is 4.98 Å². The van der Waals surface area contributed by atoms with Gasteiger partial charge in [0, 0.05) is 33.3 Å². The Bertz CT molecular complexity index is 1690. The number of rotatable bonds is 1. The number of fused-ring (bicyclic) bond motifs is 6. The van der Waals surface area contributed by atoms with E-state index >= 15 is 0 Å². The van der Waals surface area contributed by atoms with Crippen LogP contribution in [0.2, 0.25) is 0 Å². The summed E-state index contributed by atoms with van der Waals surface area (Å²) in [5.41, 5.74) is 7.19. The highest BCUT2D eigenvalue weighted by Gasteiger charge is 2.19. The number of pyridine rings is 2. The molecule has 134 valence electrons. The summed E-state index contributed by atoms with van der Waals surface area (Å²) in [6.45, 7) is 0. The maximum atomic E-state index is 4.99. The van der Waals surface area contributed by atoms with Gasteiger partial charge in [-0.05, 0) is 23.1 Å². The fourth-order valence-electron chi connectivity index (χ4n) is 4.96. The monoisotopic (exact) mass is 368 g/mol. The van der Waals surface area contributed by atoms with Crippen LogP contribution in [-0.4, -0.2) is 9.38 Å². The van der Waals surface area contributed by atoms with Gasteiger partial charge in [-0.2, -0.15) is 0 Å². The van der Waals surface area contributed by atoms with Crippen molar-refractivity contribution >= 4 is 49.0 Å². The summed E-state index contributed by atoms with van der Waals surface area (Å²) in [4.78, 5) is 4.99. The first-order valence-corrected chi connectivity index (χ1v) is 9.92. The Morgan fingerprint density at radius 2 is 1.21 bits per heavy atom. The van der Waals surface area contributed by atoms with E-state index in [9.17, 15) is 0 Å². The molecule has 0 N–H and O–H groups in total. The maximum Gasteiger partial charge on any atom is 0.0823 e. The van der Waals surface area contributed by atoms with Gasteiger partial charge in [-0.15, -0.1) is 0 Å². The Morgan fingerprint density at radius 3 is 2.03 bits per heavy atom. The Labute approximate surface area is 167 Å². The van der Waals surface area contributed by atoms with Crippen LogP contribution in [0.3, 0.4) is 0 Å². The average molecular weight is 368 g/mol. The highest BCUT2D eigenvalue weighted by Crippen LogP contribution is 2.42. The maximum absolute atomic E-state index is 4.99. The molecule has 0 spiro atoms. The van der Waals surface area contributed by atoms with E-state index in [1.54, 1.807) is 0 Å². The summed E-state index contributed by atoms with van der Waals surface area (Å²) in [5, 5.41) is 6.28. The number of nitrogens with zero attached hydrogens (tertiary/aromatic N) is 2. The van der Waals surface area contributed by atoms with Gasteiger partial charge in [0.2, 0.25) is 0 Å². The zero-order valence-electron chi connectivity index (χ0n) is 15.6. The van der Waals surface area contributed by atoms with Crippen molar-refractivity contribution in [3.63, 3.8) is 0 Å². The predicted molar refractivity (Wildman–Crippen MR) is 122 cm³/mol. The smallest absolute Gasteiger partial charge is 0.0823 e. The van der Waals surface area contributed by atoms with Crippen molar-refractivity contribution in [1.82, 2.24) is 9.38 Å². The molecule has 0 amide bonds. The molecule has 2 heteroatoms. The number of aromatic nitrogens is 2. The van der Waals surface area contributed by atoms with Crippen molar-refractivity contribution in [1.29, 1.82) is 0 Å². The fraction of sp³-hybridized carbons (Fsp3) is 0. The third-order valence-corrected chi connectivity index (χ3v) is 6.17. The molecule has 2 nitrogen and oxygen atoms in total. The van der Waals surface area contributed by atoms with Crippen molar-refractivity contribution in [2.24, 2.45) is 0 Å². The standard InChI is InChI=1S/C27H16N2/c1-2-8-17(9-3-1)22-16-28-26-21-11-5-7-13-24(21)29-23-12-6-4-10-18(23)20-15-14-19(22)25(26)27(20)29/h1-16H. The average Bonchev–Trinajstić information content (AvgIpc) is 3.14. The second kappa shape index (κ2) is 5.33. The zero-order chi connectivity index (χ0) is 18.9. The minimum atomic E-state index is 1.08. The summed E-state index contributed by atoms with van der Waals surface area (Å²) < 4.78 is 2.42. The predicted octanol–water partition coefficient (Wildman–Crippen LogP) is 7.05.